The largest absolute Gasteiger partial charge is 0.338 e. The summed E-state index contributed by atoms with van der Waals surface area (Å²) in [5, 5.41) is 11.8. The van der Waals surface area contributed by atoms with E-state index in [1.54, 1.807) is 18.2 Å². The Morgan fingerprint density at radius 3 is 3.00 bits per heavy atom. The number of nitrogens with one attached hydrogen (secondary N) is 2. The van der Waals surface area contributed by atoms with Crippen molar-refractivity contribution in [2.24, 2.45) is 0 Å². The van der Waals surface area contributed by atoms with E-state index in [-0.39, 0.29) is 10.8 Å². The summed E-state index contributed by atoms with van der Waals surface area (Å²) in [5.41, 5.74) is 0.507. The van der Waals surface area contributed by atoms with Gasteiger partial charge >= 0.3 is 0 Å². The van der Waals surface area contributed by atoms with E-state index in [0.29, 0.717) is 11.3 Å². The lowest BCUT2D eigenvalue weighted by atomic mass is 10.2. The number of aromatic nitrogens is 2. The first-order valence-electron chi connectivity index (χ1n) is 4.81. The lowest BCUT2D eigenvalue weighted by molar-refractivity contribution is 1.12. The van der Waals surface area contributed by atoms with Crippen molar-refractivity contribution in [1.82, 2.24) is 9.97 Å². The maximum Gasteiger partial charge on any atom is 0.271 e. The number of H-pyrrole nitrogens is 1. The number of anilines is 2. The molecule has 0 aliphatic rings. The van der Waals surface area contributed by atoms with Crippen LogP contribution in [0.5, 0.6) is 0 Å². The number of aromatic amines is 1. The Morgan fingerprint density at radius 1 is 1.50 bits per heavy atom. The first-order valence-corrected chi connectivity index (χ1v) is 5.99. The summed E-state index contributed by atoms with van der Waals surface area (Å²) >= 11 is 9.08. The normalized spacial score (nSPS) is 9.83. The third-order valence-corrected chi connectivity index (χ3v) is 3.00. The smallest absolute Gasteiger partial charge is 0.271 e. The first kappa shape index (κ1) is 12.6. The second-order valence-electron chi connectivity index (χ2n) is 3.32. The van der Waals surface area contributed by atoms with Gasteiger partial charge in [0.1, 0.15) is 11.1 Å². The highest BCUT2D eigenvalue weighted by Gasteiger charge is 2.09. The Labute approximate surface area is 116 Å². The van der Waals surface area contributed by atoms with Crippen molar-refractivity contribution in [2.75, 3.05) is 5.32 Å². The number of nitriles is 1. The van der Waals surface area contributed by atoms with Gasteiger partial charge in [0, 0.05) is 4.47 Å². The number of halogens is 2. The Hall–Kier alpha value is -1.84. The van der Waals surface area contributed by atoms with Gasteiger partial charge in [0.25, 0.3) is 5.56 Å². The fraction of sp³-hybridized carbons (Fsp3) is 0. The molecule has 0 spiro atoms. The van der Waals surface area contributed by atoms with Crippen LogP contribution in [-0.4, -0.2) is 9.97 Å². The molecular formula is C11H6BrClN4O. The van der Waals surface area contributed by atoms with Crippen LogP contribution in [0.3, 0.4) is 0 Å². The average Bonchev–Trinajstić information content (AvgIpc) is 2.37. The summed E-state index contributed by atoms with van der Waals surface area (Å²) in [6.45, 7) is 0. The molecule has 2 aromatic rings. The molecule has 1 heterocycles. The number of hydrogen-bond acceptors (Lipinski definition) is 4. The van der Waals surface area contributed by atoms with Gasteiger partial charge in [0.15, 0.2) is 5.82 Å². The van der Waals surface area contributed by atoms with Crippen molar-refractivity contribution < 1.29 is 0 Å². The van der Waals surface area contributed by atoms with E-state index in [4.69, 9.17) is 16.9 Å². The van der Waals surface area contributed by atoms with Gasteiger partial charge in [-0.1, -0.05) is 27.5 Å². The number of rotatable bonds is 2. The topological polar surface area (TPSA) is 81.6 Å². The van der Waals surface area contributed by atoms with Crippen LogP contribution in [0.2, 0.25) is 5.02 Å². The first-order chi connectivity index (χ1) is 8.61. The average molecular weight is 326 g/mol. The van der Waals surface area contributed by atoms with Gasteiger partial charge in [-0.15, -0.1) is 0 Å². The fourth-order valence-electron chi connectivity index (χ4n) is 1.32. The predicted octanol–water partition coefficient (Wildman–Crippen LogP) is 2.80. The molecule has 18 heavy (non-hydrogen) atoms. The molecule has 0 amide bonds. The minimum atomic E-state index is -0.440. The van der Waals surface area contributed by atoms with E-state index >= 15 is 0 Å². The van der Waals surface area contributed by atoms with E-state index in [0.717, 1.165) is 4.47 Å². The van der Waals surface area contributed by atoms with Crippen molar-refractivity contribution in [2.45, 2.75) is 0 Å². The van der Waals surface area contributed by atoms with Crippen LogP contribution in [0, 0.1) is 11.3 Å². The van der Waals surface area contributed by atoms with E-state index in [2.05, 4.69) is 31.2 Å². The zero-order valence-corrected chi connectivity index (χ0v) is 11.2. The second kappa shape index (κ2) is 5.21. The molecule has 2 rings (SSSR count). The third-order valence-electron chi connectivity index (χ3n) is 2.15. The number of benzene rings is 1. The monoisotopic (exact) mass is 324 g/mol. The molecular weight excluding hydrogens is 320 g/mol. The minimum absolute atomic E-state index is 0.0516. The molecule has 1 aromatic carbocycles. The molecule has 0 aliphatic carbocycles. The molecule has 0 aliphatic heterocycles. The van der Waals surface area contributed by atoms with Crippen LogP contribution in [0.4, 0.5) is 11.5 Å². The van der Waals surface area contributed by atoms with Gasteiger partial charge in [-0.2, -0.15) is 5.26 Å². The zero-order valence-electron chi connectivity index (χ0n) is 8.87. The van der Waals surface area contributed by atoms with Crippen LogP contribution in [0.1, 0.15) is 5.56 Å². The highest BCUT2D eigenvalue weighted by molar-refractivity contribution is 9.10. The Morgan fingerprint density at radius 2 is 2.28 bits per heavy atom. The van der Waals surface area contributed by atoms with Crippen LogP contribution >= 0.6 is 27.5 Å². The molecule has 0 radical (unpaired) electrons. The summed E-state index contributed by atoms with van der Waals surface area (Å²) in [7, 11) is 0. The summed E-state index contributed by atoms with van der Waals surface area (Å²) in [4.78, 5) is 17.6. The maximum atomic E-state index is 11.3. The summed E-state index contributed by atoms with van der Waals surface area (Å²) < 4.78 is 0.787. The molecule has 0 fully saturated rings. The van der Waals surface area contributed by atoms with Crippen molar-refractivity contribution in [3.05, 3.63) is 49.9 Å². The molecule has 0 saturated heterocycles. The van der Waals surface area contributed by atoms with Crippen LogP contribution in [-0.2, 0) is 0 Å². The lowest BCUT2D eigenvalue weighted by Gasteiger charge is -2.08. The highest BCUT2D eigenvalue weighted by atomic mass is 79.9. The Balaban J connectivity index is 2.44. The lowest BCUT2D eigenvalue weighted by Crippen LogP contribution is -2.10. The van der Waals surface area contributed by atoms with Gasteiger partial charge in [0.05, 0.1) is 17.6 Å². The summed E-state index contributed by atoms with van der Waals surface area (Å²) in [6.07, 6.45) is 1.24. The number of nitrogens with zero attached hydrogens (tertiary/aromatic N) is 2. The molecule has 7 heteroatoms. The van der Waals surface area contributed by atoms with E-state index < -0.39 is 5.56 Å². The van der Waals surface area contributed by atoms with Gasteiger partial charge in [-0.05, 0) is 18.2 Å². The Bertz CT molecular complexity index is 692. The van der Waals surface area contributed by atoms with Crippen LogP contribution < -0.4 is 10.9 Å². The minimum Gasteiger partial charge on any atom is -0.338 e. The molecule has 0 bridgehead atoms. The molecule has 1 aromatic heterocycles. The third kappa shape index (κ3) is 2.53. The zero-order chi connectivity index (χ0) is 13.1. The molecule has 0 atom stereocenters. The molecule has 0 unspecified atom stereocenters. The summed E-state index contributed by atoms with van der Waals surface area (Å²) in [5.74, 6) is 0.208. The van der Waals surface area contributed by atoms with E-state index in [1.165, 1.54) is 6.33 Å². The van der Waals surface area contributed by atoms with E-state index in [1.807, 2.05) is 6.07 Å². The Kier molecular flexibility index (Phi) is 3.65. The van der Waals surface area contributed by atoms with Crippen molar-refractivity contribution in [1.29, 1.82) is 5.26 Å². The van der Waals surface area contributed by atoms with Crippen molar-refractivity contribution in [3.63, 3.8) is 0 Å². The fourth-order valence-corrected chi connectivity index (χ4v) is 1.83. The second-order valence-corrected chi connectivity index (χ2v) is 4.61. The predicted molar refractivity (Wildman–Crippen MR) is 72.0 cm³/mol. The van der Waals surface area contributed by atoms with E-state index in [9.17, 15) is 4.79 Å². The molecule has 0 saturated carbocycles. The number of hydrogen-bond donors (Lipinski definition) is 2. The standard InChI is InChI=1S/C11H6BrClN4O/c12-7-1-2-8(6(3-7)4-14)17-10-9(13)11(18)16-5-15-10/h1-3,5H,(H2,15,16,17,18). The maximum absolute atomic E-state index is 11.3. The highest BCUT2D eigenvalue weighted by Crippen LogP contribution is 2.24. The van der Waals surface area contributed by atoms with Gasteiger partial charge in [-0.3, -0.25) is 4.79 Å². The van der Waals surface area contributed by atoms with Crippen LogP contribution in [0.25, 0.3) is 0 Å². The van der Waals surface area contributed by atoms with Crippen molar-refractivity contribution >= 4 is 39.0 Å². The van der Waals surface area contributed by atoms with Crippen molar-refractivity contribution in [3.8, 4) is 6.07 Å². The van der Waals surface area contributed by atoms with Gasteiger partial charge in [0.2, 0.25) is 0 Å². The van der Waals surface area contributed by atoms with Gasteiger partial charge < -0.3 is 10.3 Å². The molecule has 5 nitrogen and oxygen atoms in total. The molecule has 2 N–H and O–H groups in total. The summed E-state index contributed by atoms with van der Waals surface area (Å²) in [6, 6.07) is 7.16. The quantitative estimate of drug-likeness (QED) is 0.889. The van der Waals surface area contributed by atoms with Gasteiger partial charge in [-0.25, -0.2) is 4.98 Å². The van der Waals surface area contributed by atoms with Crippen LogP contribution in [0.15, 0.2) is 33.8 Å². The SMILES string of the molecule is N#Cc1cc(Br)ccc1Nc1nc[nH]c(=O)c1Cl. The molecule has 90 valence electrons.